The highest BCUT2D eigenvalue weighted by Gasteiger charge is 2.35. The largest absolute Gasteiger partial charge is 0.311 e. The molecule has 1 saturated carbocycles. The molecule has 1 saturated heterocycles. The molecule has 18 heavy (non-hydrogen) atoms. The van der Waals surface area contributed by atoms with Gasteiger partial charge in [0.15, 0.2) is 0 Å². The lowest BCUT2D eigenvalue weighted by molar-refractivity contribution is 0.0325. The van der Waals surface area contributed by atoms with Gasteiger partial charge in [0.25, 0.3) is 0 Å². The third kappa shape index (κ3) is 3.08. The molecule has 0 aromatic rings. The topological polar surface area (TPSA) is 15.3 Å². The summed E-state index contributed by atoms with van der Waals surface area (Å²) in [6.45, 7) is 12.0. The quantitative estimate of drug-likeness (QED) is 0.829. The first-order valence-corrected chi connectivity index (χ1v) is 8.12. The molecule has 1 N–H and O–H groups in total. The average Bonchev–Trinajstić information content (AvgIpc) is 2.39. The lowest BCUT2D eigenvalue weighted by Gasteiger charge is -2.48. The third-order valence-corrected chi connectivity index (χ3v) is 5.47. The van der Waals surface area contributed by atoms with Crippen molar-refractivity contribution in [3.8, 4) is 0 Å². The first-order chi connectivity index (χ1) is 8.63. The molecule has 2 aliphatic rings. The normalized spacial score (nSPS) is 40.7. The van der Waals surface area contributed by atoms with Gasteiger partial charge >= 0.3 is 0 Å². The highest BCUT2D eigenvalue weighted by Crippen LogP contribution is 2.31. The molecule has 106 valence electrons. The average molecular weight is 252 g/mol. The van der Waals surface area contributed by atoms with E-state index < -0.39 is 0 Å². The highest BCUT2D eigenvalue weighted by molar-refractivity contribution is 4.92. The van der Waals surface area contributed by atoms with Crippen molar-refractivity contribution in [2.45, 2.75) is 77.9 Å². The molecular weight excluding hydrogens is 220 g/mol. The Labute approximate surface area is 114 Å². The second-order valence-electron chi connectivity index (χ2n) is 6.78. The minimum absolute atomic E-state index is 0.709. The number of rotatable bonds is 3. The Morgan fingerprint density at radius 2 is 1.94 bits per heavy atom. The van der Waals surface area contributed by atoms with Crippen LogP contribution in [0, 0.1) is 11.8 Å². The smallest absolute Gasteiger partial charge is 0.0221 e. The van der Waals surface area contributed by atoms with E-state index in [1.807, 2.05) is 0 Å². The second-order valence-corrected chi connectivity index (χ2v) is 6.78. The Morgan fingerprint density at radius 1 is 1.22 bits per heavy atom. The van der Waals surface area contributed by atoms with Crippen molar-refractivity contribution in [2.75, 3.05) is 13.1 Å². The van der Waals surface area contributed by atoms with Crippen LogP contribution in [0.25, 0.3) is 0 Å². The molecule has 5 atom stereocenters. The van der Waals surface area contributed by atoms with Crippen molar-refractivity contribution in [3.63, 3.8) is 0 Å². The zero-order chi connectivity index (χ0) is 13.1. The predicted molar refractivity (Wildman–Crippen MR) is 78.8 cm³/mol. The van der Waals surface area contributed by atoms with Crippen LogP contribution in [0.15, 0.2) is 0 Å². The van der Waals surface area contributed by atoms with Gasteiger partial charge in [0, 0.05) is 31.2 Å². The summed E-state index contributed by atoms with van der Waals surface area (Å²) < 4.78 is 0. The number of piperazine rings is 1. The first kappa shape index (κ1) is 14.3. The molecule has 0 spiro atoms. The standard InChI is InChI=1S/C16H32N2/c1-5-12(2)15-11-18(14(4)10-17-15)16-9-7-6-8-13(16)3/h12-17H,5-11H2,1-4H3. The van der Waals surface area contributed by atoms with Gasteiger partial charge < -0.3 is 5.32 Å². The van der Waals surface area contributed by atoms with Crippen LogP contribution < -0.4 is 5.32 Å². The zero-order valence-corrected chi connectivity index (χ0v) is 12.8. The molecule has 0 amide bonds. The van der Waals surface area contributed by atoms with Crippen molar-refractivity contribution in [1.29, 1.82) is 0 Å². The van der Waals surface area contributed by atoms with Gasteiger partial charge in [-0.15, -0.1) is 0 Å². The molecule has 2 fully saturated rings. The molecule has 1 aliphatic heterocycles. The summed E-state index contributed by atoms with van der Waals surface area (Å²) in [6, 6.07) is 2.28. The lowest BCUT2D eigenvalue weighted by atomic mass is 9.83. The van der Waals surface area contributed by atoms with Crippen molar-refractivity contribution in [3.05, 3.63) is 0 Å². The van der Waals surface area contributed by atoms with E-state index in [2.05, 4.69) is 37.9 Å². The minimum Gasteiger partial charge on any atom is -0.311 e. The highest BCUT2D eigenvalue weighted by atomic mass is 15.3. The van der Waals surface area contributed by atoms with Crippen LogP contribution in [0.1, 0.15) is 59.8 Å². The van der Waals surface area contributed by atoms with E-state index >= 15 is 0 Å². The summed E-state index contributed by atoms with van der Waals surface area (Å²) in [5.41, 5.74) is 0. The van der Waals surface area contributed by atoms with Gasteiger partial charge in [0.05, 0.1) is 0 Å². The van der Waals surface area contributed by atoms with Gasteiger partial charge in [-0.2, -0.15) is 0 Å². The molecule has 0 radical (unpaired) electrons. The molecule has 2 heteroatoms. The summed E-state index contributed by atoms with van der Waals surface area (Å²) in [5.74, 6) is 1.70. The van der Waals surface area contributed by atoms with Crippen molar-refractivity contribution in [1.82, 2.24) is 10.2 Å². The first-order valence-electron chi connectivity index (χ1n) is 8.12. The van der Waals surface area contributed by atoms with Crippen LogP contribution in [0.3, 0.4) is 0 Å². The molecular formula is C16H32N2. The minimum atomic E-state index is 0.709. The van der Waals surface area contributed by atoms with Gasteiger partial charge in [-0.3, -0.25) is 4.90 Å². The van der Waals surface area contributed by atoms with Crippen LogP contribution in [0.4, 0.5) is 0 Å². The van der Waals surface area contributed by atoms with Gasteiger partial charge in [0.1, 0.15) is 0 Å². The van der Waals surface area contributed by atoms with Gasteiger partial charge in [-0.25, -0.2) is 0 Å². The molecule has 1 heterocycles. The van der Waals surface area contributed by atoms with Crippen molar-refractivity contribution >= 4 is 0 Å². The maximum Gasteiger partial charge on any atom is 0.0221 e. The Bertz CT molecular complexity index is 253. The number of nitrogens with one attached hydrogen (secondary N) is 1. The van der Waals surface area contributed by atoms with E-state index in [1.165, 1.54) is 45.2 Å². The van der Waals surface area contributed by atoms with Crippen molar-refractivity contribution < 1.29 is 0 Å². The van der Waals surface area contributed by atoms with E-state index in [0.717, 1.165) is 23.9 Å². The van der Waals surface area contributed by atoms with Gasteiger partial charge in [-0.1, -0.05) is 40.0 Å². The van der Waals surface area contributed by atoms with E-state index in [4.69, 9.17) is 0 Å². The van der Waals surface area contributed by atoms with Gasteiger partial charge in [-0.05, 0) is 31.6 Å². The summed E-state index contributed by atoms with van der Waals surface area (Å²) >= 11 is 0. The van der Waals surface area contributed by atoms with Crippen LogP contribution in [0.2, 0.25) is 0 Å². The van der Waals surface area contributed by atoms with Gasteiger partial charge in [0.2, 0.25) is 0 Å². The third-order valence-electron chi connectivity index (χ3n) is 5.47. The van der Waals surface area contributed by atoms with Crippen molar-refractivity contribution in [2.24, 2.45) is 11.8 Å². The summed E-state index contributed by atoms with van der Waals surface area (Å²) in [7, 11) is 0. The zero-order valence-electron chi connectivity index (χ0n) is 12.8. The van der Waals surface area contributed by atoms with E-state index in [0.29, 0.717) is 6.04 Å². The summed E-state index contributed by atoms with van der Waals surface area (Å²) in [6.07, 6.45) is 7.06. The monoisotopic (exact) mass is 252 g/mol. The van der Waals surface area contributed by atoms with Crippen LogP contribution >= 0.6 is 0 Å². The van der Waals surface area contributed by atoms with Crippen LogP contribution in [-0.2, 0) is 0 Å². The maximum absolute atomic E-state index is 3.76. The molecule has 0 bridgehead atoms. The van der Waals surface area contributed by atoms with E-state index in [-0.39, 0.29) is 0 Å². The molecule has 0 aromatic heterocycles. The number of hydrogen-bond acceptors (Lipinski definition) is 2. The fourth-order valence-corrected chi connectivity index (χ4v) is 3.83. The van der Waals surface area contributed by atoms with E-state index in [1.54, 1.807) is 0 Å². The molecule has 2 rings (SSSR count). The molecule has 2 nitrogen and oxygen atoms in total. The van der Waals surface area contributed by atoms with Crippen LogP contribution in [0.5, 0.6) is 0 Å². The summed E-state index contributed by atoms with van der Waals surface area (Å²) in [5, 5.41) is 3.76. The predicted octanol–water partition coefficient (Wildman–Crippen LogP) is 3.27. The SMILES string of the molecule is CCC(C)C1CN(C2CCCCC2C)C(C)CN1. The number of nitrogens with zero attached hydrogens (tertiary/aromatic N) is 1. The molecule has 0 aromatic carbocycles. The Morgan fingerprint density at radius 3 is 2.61 bits per heavy atom. The second kappa shape index (κ2) is 6.38. The number of hydrogen-bond donors (Lipinski definition) is 1. The lowest BCUT2D eigenvalue weighted by Crippen LogP contribution is -2.61. The molecule has 5 unspecified atom stereocenters. The fourth-order valence-electron chi connectivity index (χ4n) is 3.83. The maximum atomic E-state index is 3.76. The Balaban J connectivity index is 2.00. The van der Waals surface area contributed by atoms with Crippen LogP contribution in [-0.4, -0.2) is 36.1 Å². The molecule has 1 aliphatic carbocycles. The Kier molecular flexibility index (Phi) is 5.08. The summed E-state index contributed by atoms with van der Waals surface area (Å²) in [4.78, 5) is 2.83. The Hall–Kier alpha value is -0.0800. The fraction of sp³-hybridized carbons (Fsp3) is 1.00. The van der Waals surface area contributed by atoms with E-state index in [9.17, 15) is 0 Å².